The van der Waals surface area contributed by atoms with Gasteiger partial charge in [0.1, 0.15) is 0 Å². The minimum absolute atomic E-state index is 0.0854. The van der Waals surface area contributed by atoms with E-state index in [1.165, 1.54) is 0 Å². The van der Waals surface area contributed by atoms with Gasteiger partial charge in [0, 0.05) is 5.39 Å². The van der Waals surface area contributed by atoms with Crippen LogP contribution >= 0.6 is 0 Å². The number of nitrogens with zero attached hydrogens (tertiary/aromatic N) is 1. The first-order valence-electron chi connectivity index (χ1n) is 7.11. The van der Waals surface area contributed by atoms with E-state index in [9.17, 15) is 4.79 Å². The molecule has 1 aromatic heterocycles. The lowest BCUT2D eigenvalue weighted by atomic mass is 9.76. The minimum atomic E-state index is -0.746. The van der Waals surface area contributed by atoms with E-state index in [1.807, 2.05) is 18.2 Å². The number of carbonyl (C=O) groups excluding carboxylic acids is 1. The molecular weight excluding hydrogens is 252 g/mol. The molecule has 1 heterocycles. The molecule has 5 heteroatoms. The van der Waals surface area contributed by atoms with Crippen molar-refractivity contribution in [3.05, 3.63) is 24.4 Å². The standard InChI is InChI=1S/C15H20N4O/c1-10-4-3-7-15(16,8-10)14(20)18-12-5-2-6-13-11(12)9-17-19-13/h2,5-6,9-10H,3-4,7-8,16H2,1H3,(H,17,19)(H,18,20). The highest BCUT2D eigenvalue weighted by atomic mass is 16.2. The van der Waals surface area contributed by atoms with E-state index >= 15 is 0 Å². The van der Waals surface area contributed by atoms with Crippen molar-refractivity contribution in [2.45, 2.75) is 38.1 Å². The van der Waals surface area contributed by atoms with Crippen LogP contribution in [0.4, 0.5) is 5.69 Å². The summed E-state index contributed by atoms with van der Waals surface area (Å²) in [5.41, 5.74) is 7.25. The van der Waals surface area contributed by atoms with Crippen LogP contribution in [-0.2, 0) is 4.79 Å². The Bertz CT molecular complexity index is 636. The van der Waals surface area contributed by atoms with Crippen molar-refractivity contribution in [2.24, 2.45) is 11.7 Å². The predicted molar refractivity (Wildman–Crippen MR) is 79.3 cm³/mol. The summed E-state index contributed by atoms with van der Waals surface area (Å²) in [6.45, 7) is 2.16. The van der Waals surface area contributed by atoms with Crippen LogP contribution in [-0.4, -0.2) is 21.6 Å². The lowest BCUT2D eigenvalue weighted by molar-refractivity contribution is -0.122. The molecule has 1 fully saturated rings. The van der Waals surface area contributed by atoms with Crippen LogP contribution in [0.1, 0.15) is 32.6 Å². The van der Waals surface area contributed by atoms with Gasteiger partial charge in [0.25, 0.3) is 0 Å². The molecule has 2 unspecified atom stereocenters. The van der Waals surface area contributed by atoms with Gasteiger partial charge in [0.2, 0.25) is 5.91 Å². The molecule has 0 saturated heterocycles. The highest BCUT2D eigenvalue weighted by molar-refractivity contribution is 6.04. The molecule has 1 saturated carbocycles. The second kappa shape index (κ2) is 4.90. The molecule has 0 bridgehead atoms. The Morgan fingerprint density at radius 3 is 3.20 bits per heavy atom. The summed E-state index contributed by atoms with van der Waals surface area (Å²) in [5.74, 6) is 0.418. The fourth-order valence-corrected chi connectivity index (χ4v) is 3.12. The molecule has 5 nitrogen and oxygen atoms in total. The van der Waals surface area contributed by atoms with Gasteiger partial charge in [-0.15, -0.1) is 0 Å². The quantitative estimate of drug-likeness (QED) is 0.785. The van der Waals surface area contributed by atoms with Crippen molar-refractivity contribution in [1.29, 1.82) is 0 Å². The summed E-state index contributed by atoms with van der Waals surface area (Å²) in [5, 5.41) is 10.8. The number of amides is 1. The maximum Gasteiger partial charge on any atom is 0.244 e. The monoisotopic (exact) mass is 272 g/mol. The van der Waals surface area contributed by atoms with Crippen molar-refractivity contribution < 1.29 is 4.79 Å². The van der Waals surface area contributed by atoms with Crippen LogP contribution in [0, 0.1) is 5.92 Å². The molecule has 3 rings (SSSR count). The summed E-state index contributed by atoms with van der Waals surface area (Å²) in [7, 11) is 0. The molecule has 4 N–H and O–H groups in total. The van der Waals surface area contributed by atoms with Crippen LogP contribution < -0.4 is 11.1 Å². The molecule has 2 aromatic rings. The molecule has 2 atom stereocenters. The van der Waals surface area contributed by atoms with Crippen LogP contribution in [0.25, 0.3) is 10.9 Å². The fourth-order valence-electron chi connectivity index (χ4n) is 3.12. The van der Waals surface area contributed by atoms with Gasteiger partial charge in [-0.05, 0) is 30.9 Å². The van der Waals surface area contributed by atoms with Crippen LogP contribution in [0.15, 0.2) is 24.4 Å². The number of nitrogens with two attached hydrogens (primary N) is 1. The Morgan fingerprint density at radius 2 is 2.40 bits per heavy atom. The average molecular weight is 272 g/mol. The maximum absolute atomic E-state index is 12.5. The molecular formula is C15H20N4O. The van der Waals surface area contributed by atoms with Gasteiger partial charge in [-0.1, -0.05) is 25.8 Å². The average Bonchev–Trinajstić information content (AvgIpc) is 2.87. The minimum Gasteiger partial charge on any atom is -0.324 e. The van der Waals surface area contributed by atoms with Crippen molar-refractivity contribution >= 4 is 22.5 Å². The second-order valence-electron chi connectivity index (χ2n) is 5.95. The maximum atomic E-state index is 12.5. The summed E-state index contributed by atoms with van der Waals surface area (Å²) >= 11 is 0. The molecule has 106 valence electrons. The zero-order chi connectivity index (χ0) is 14.2. The number of fused-ring (bicyclic) bond motifs is 1. The second-order valence-corrected chi connectivity index (χ2v) is 5.95. The third kappa shape index (κ3) is 2.29. The van der Waals surface area contributed by atoms with Crippen LogP contribution in [0.2, 0.25) is 0 Å². The van der Waals surface area contributed by atoms with Crippen molar-refractivity contribution in [1.82, 2.24) is 10.2 Å². The summed E-state index contributed by atoms with van der Waals surface area (Å²) in [4.78, 5) is 12.5. The smallest absolute Gasteiger partial charge is 0.244 e. The van der Waals surface area contributed by atoms with Crippen molar-refractivity contribution in [3.8, 4) is 0 Å². The molecule has 0 radical (unpaired) electrons. The van der Waals surface area contributed by atoms with E-state index in [0.29, 0.717) is 5.92 Å². The van der Waals surface area contributed by atoms with Crippen LogP contribution in [0.5, 0.6) is 0 Å². The number of aromatic nitrogens is 2. The van der Waals surface area contributed by atoms with Gasteiger partial charge < -0.3 is 11.1 Å². The summed E-state index contributed by atoms with van der Waals surface area (Å²) in [6.07, 6.45) is 5.40. The topological polar surface area (TPSA) is 83.8 Å². The first-order chi connectivity index (χ1) is 9.58. The molecule has 0 aliphatic heterocycles. The van der Waals surface area contributed by atoms with Gasteiger partial charge >= 0.3 is 0 Å². The van der Waals surface area contributed by atoms with E-state index in [-0.39, 0.29) is 5.91 Å². The number of carbonyl (C=O) groups is 1. The number of rotatable bonds is 2. The first kappa shape index (κ1) is 13.1. The third-order valence-corrected chi connectivity index (χ3v) is 4.22. The molecule has 0 spiro atoms. The van der Waals surface area contributed by atoms with Crippen molar-refractivity contribution in [3.63, 3.8) is 0 Å². The number of aromatic amines is 1. The Labute approximate surface area is 117 Å². The Balaban J connectivity index is 1.83. The Kier molecular flexibility index (Phi) is 3.22. The number of benzene rings is 1. The number of H-pyrrole nitrogens is 1. The highest BCUT2D eigenvalue weighted by Gasteiger charge is 2.38. The number of anilines is 1. The van der Waals surface area contributed by atoms with Gasteiger partial charge in [-0.3, -0.25) is 9.89 Å². The number of hydrogen-bond acceptors (Lipinski definition) is 3. The summed E-state index contributed by atoms with van der Waals surface area (Å²) in [6, 6.07) is 5.70. The van der Waals surface area contributed by atoms with E-state index in [1.54, 1.807) is 6.20 Å². The zero-order valence-corrected chi connectivity index (χ0v) is 11.6. The Hall–Kier alpha value is -1.88. The van der Waals surface area contributed by atoms with E-state index in [2.05, 4.69) is 22.4 Å². The predicted octanol–water partition coefficient (Wildman–Crippen LogP) is 2.41. The largest absolute Gasteiger partial charge is 0.324 e. The molecule has 1 aromatic carbocycles. The SMILES string of the molecule is CC1CCCC(N)(C(=O)Nc2cccc3[nH]ncc23)C1. The van der Waals surface area contributed by atoms with Gasteiger partial charge in [-0.25, -0.2) is 0 Å². The Morgan fingerprint density at radius 1 is 1.55 bits per heavy atom. The molecule has 1 amide bonds. The number of hydrogen-bond donors (Lipinski definition) is 3. The van der Waals surface area contributed by atoms with Gasteiger partial charge in [-0.2, -0.15) is 5.10 Å². The molecule has 1 aliphatic rings. The van der Waals surface area contributed by atoms with E-state index < -0.39 is 5.54 Å². The fraction of sp³-hybridized carbons (Fsp3) is 0.467. The normalized spacial score (nSPS) is 26.6. The highest BCUT2D eigenvalue weighted by Crippen LogP contribution is 2.32. The van der Waals surface area contributed by atoms with Crippen molar-refractivity contribution in [2.75, 3.05) is 5.32 Å². The number of nitrogens with one attached hydrogen (secondary N) is 2. The molecule has 1 aliphatic carbocycles. The zero-order valence-electron chi connectivity index (χ0n) is 11.6. The lowest BCUT2D eigenvalue weighted by Gasteiger charge is -2.35. The van der Waals surface area contributed by atoms with Gasteiger partial charge in [0.05, 0.1) is 22.9 Å². The van der Waals surface area contributed by atoms with Gasteiger partial charge in [0.15, 0.2) is 0 Å². The third-order valence-electron chi connectivity index (χ3n) is 4.22. The van der Waals surface area contributed by atoms with E-state index in [0.717, 1.165) is 42.3 Å². The lowest BCUT2D eigenvalue weighted by Crippen LogP contribution is -2.53. The first-order valence-corrected chi connectivity index (χ1v) is 7.11. The van der Waals surface area contributed by atoms with E-state index in [4.69, 9.17) is 5.73 Å². The van der Waals surface area contributed by atoms with Crippen LogP contribution in [0.3, 0.4) is 0 Å². The molecule has 20 heavy (non-hydrogen) atoms. The summed E-state index contributed by atoms with van der Waals surface area (Å²) < 4.78 is 0.